The van der Waals surface area contributed by atoms with Crippen molar-refractivity contribution in [3.8, 4) is 22.6 Å². The summed E-state index contributed by atoms with van der Waals surface area (Å²) in [7, 11) is 0. The van der Waals surface area contributed by atoms with E-state index < -0.39 is 5.91 Å². The Morgan fingerprint density at radius 1 is 1.07 bits per heavy atom. The molecule has 30 heavy (non-hydrogen) atoms. The molecule has 0 aliphatic heterocycles. The first-order valence-corrected chi connectivity index (χ1v) is 9.62. The van der Waals surface area contributed by atoms with Gasteiger partial charge in [-0.05, 0) is 37.6 Å². The summed E-state index contributed by atoms with van der Waals surface area (Å²) in [5.74, 6) is 1.15. The quantitative estimate of drug-likeness (QED) is 0.335. The number of nitrogens with one attached hydrogen (secondary N) is 1. The Bertz CT molecular complexity index is 1230. The van der Waals surface area contributed by atoms with Crippen molar-refractivity contribution in [2.45, 2.75) is 13.8 Å². The summed E-state index contributed by atoms with van der Waals surface area (Å²) in [4.78, 5) is 12.6. The lowest BCUT2D eigenvalue weighted by Gasteiger charge is -2.01. The zero-order chi connectivity index (χ0) is 21.1. The molecule has 2 aromatic heterocycles. The third-order valence-corrected chi connectivity index (χ3v) is 4.99. The molecule has 0 radical (unpaired) electrons. The van der Waals surface area contributed by atoms with Crippen molar-refractivity contribution in [1.29, 1.82) is 0 Å². The standard InChI is InChI=1S/C23H18ClN3O3/c1-14-8-9-17(12-19(14)24)20-11-10-18(29-20)13-25-26-23(28)21-15(2)30-27-22(21)16-6-4-3-5-7-16/h3-13H,1-2H3,(H,26,28). The van der Waals surface area contributed by atoms with Crippen LogP contribution in [0.25, 0.3) is 22.6 Å². The van der Waals surface area contributed by atoms with Gasteiger partial charge in [0.15, 0.2) is 0 Å². The maximum atomic E-state index is 12.6. The summed E-state index contributed by atoms with van der Waals surface area (Å²) in [6, 6.07) is 18.6. The van der Waals surface area contributed by atoms with Crippen LogP contribution in [0.2, 0.25) is 5.02 Å². The molecule has 0 aliphatic rings. The van der Waals surface area contributed by atoms with Gasteiger partial charge in [0.2, 0.25) is 0 Å². The number of carbonyl (C=O) groups is 1. The normalized spacial score (nSPS) is 11.2. The molecule has 0 aliphatic carbocycles. The van der Waals surface area contributed by atoms with E-state index in [-0.39, 0.29) is 0 Å². The van der Waals surface area contributed by atoms with E-state index in [1.807, 2.05) is 61.5 Å². The van der Waals surface area contributed by atoms with Crippen LogP contribution >= 0.6 is 11.6 Å². The number of benzene rings is 2. The molecule has 0 atom stereocenters. The minimum absolute atomic E-state index is 0.341. The highest BCUT2D eigenvalue weighted by Gasteiger charge is 2.21. The predicted molar refractivity (Wildman–Crippen MR) is 116 cm³/mol. The Morgan fingerprint density at radius 2 is 1.87 bits per heavy atom. The summed E-state index contributed by atoms with van der Waals surface area (Å²) in [5.41, 5.74) is 5.96. The zero-order valence-corrected chi connectivity index (χ0v) is 17.1. The minimum Gasteiger partial charge on any atom is -0.455 e. The second-order valence-corrected chi connectivity index (χ2v) is 7.10. The Labute approximate surface area is 178 Å². The summed E-state index contributed by atoms with van der Waals surface area (Å²) in [6.45, 7) is 3.62. The van der Waals surface area contributed by atoms with Crippen LogP contribution in [0.4, 0.5) is 0 Å². The van der Waals surface area contributed by atoms with E-state index in [1.54, 1.807) is 13.0 Å². The molecule has 150 valence electrons. The third-order valence-electron chi connectivity index (χ3n) is 4.58. The summed E-state index contributed by atoms with van der Waals surface area (Å²) < 4.78 is 11.0. The lowest BCUT2D eigenvalue weighted by atomic mass is 10.1. The molecule has 0 fully saturated rings. The van der Waals surface area contributed by atoms with Crippen molar-refractivity contribution in [3.05, 3.63) is 88.3 Å². The molecule has 0 saturated carbocycles. The Morgan fingerprint density at radius 3 is 2.63 bits per heavy atom. The van der Waals surface area contributed by atoms with Crippen LogP contribution in [0.15, 0.2) is 74.7 Å². The number of halogens is 1. The Hall–Kier alpha value is -3.64. The number of nitrogens with zero attached hydrogens (tertiary/aromatic N) is 2. The van der Waals surface area contributed by atoms with E-state index >= 15 is 0 Å². The number of hydrazone groups is 1. The van der Waals surface area contributed by atoms with Crippen molar-refractivity contribution in [2.75, 3.05) is 0 Å². The van der Waals surface area contributed by atoms with Gasteiger partial charge in [-0.1, -0.05) is 59.2 Å². The molecule has 4 rings (SSSR count). The van der Waals surface area contributed by atoms with Crippen molar-refractivity contribution in [1.82, 2.24) is 10.6 Å². The van der Waals surface area contributed by atoms with Gasteiger partial charge in [-0.3, -0.25) is 4.79 Å². The SMILES string of the molecule is Cc1ccc(-c2ccc(C=NNC(=O)c3c(-c4ccccc4)noc3C)o2)cc1Cl. The molecule has 1 amide bonds. The molecular weight excluding hydrogens is 402 g/mol. The monoisotopic (exact) mass is 419 g/mol. The molecule has 1 N–H and O–H groups in total. The second kappa shape index (κ2) is 8.39. The van der Waals surface area contributed by atoms with Crippen molar-refractivity contribution >= 4 is 23.7 Å². The number of aryl methyl sites for hydroxylation is 2. The predicted octanol–water partition coefficient (Wildman–Crippen LogP) is 5.64. The maximum Gasteiger partial charge on any atom is 0.277 e. The van der Waals surface area contributed by atoms with Crippen molar-refractivity contribution < 1.29 is 13.7 Å². The van der Waals surface area contributed by atoms with Gasteiger partial charge < -0.3 is 8.94 Å². The van der Waals surface area contributed by atoms with Crippen LogP contribution in [0.5, 0.6) is 0 Å². The van der Waals surface area contributed by atoms with Gasteiger partial charge in [-0.25, -0.2) is 5.43 Å². The summed E-state index contributed by atoms with van der Waals surface area (Å²) >= 11 is 6.18. The first-order valence-electron chi connectivity index (χ1n) is 9.24. The number of aromatic nitrogens is 1. The highest BCUT2D eigenvalue weighted by atomic mass is 35.5. The molecule has 0 unspecified atom stereocenters. The van der Waals surface area contributed by atoms with Crippen molar-refractivity contribution in [3.63, 3.8) is 0 Å². The number of rotatable bonds is 5. The molecule has 0 spiro atoms. The Kier molecular flexibility index (Phi) is 5.50. The van der Waals surface area contributed by atoms with Gasteiger partial charge >= 0.3 is 0 Å². The van der Waals surface area contributed by atoms with Crippen LogP contribution in [0.1, 0.15) is 27.4 Å². The van der Waals surface area contributed by atoms with Crippen LogP contribution in [-0.2, 0) is 0 Å². The zero-order valence-electron chi connectivity index (χ0n) is 16.3. The number of furan rings is 1. The van der Waals surface area contributed by atoms with Crippen LogP contribution in [0.3, 0.4) is 0 Å². The first kappa shape index (κ1) is 19.7. The molecular formula is C23H18ClN3O3. The number of hydrogen-bond acceptors (Lipinski definition) is 5. The van der Waals surface area contributed by atoms with Gasteiger partial charge in [0.05, 0.1) is 6.21 Å². The highest BCUT2D eigenvalue weighted by Crippen LogP contribution is 2.27. The smallest absolute Gasteiger partial charge is 0.277 e. The molecule has 7 heteroatoms. The second-order valence-electron chi connectivity index (χ2n) is 6.69. The fourth-order valence-corrected chi connectivity index (χ4v) is 3.15. The van der Waals surface area contributed by atoms with Crippen molar-refractivity contribution in [2.24, 2.45) is 5.10 Å². The molecule has 2 heterocycles. The maximum absolute atomic E-state index is 12.6. The number of carbonyl (C=O) groups excluding carboxylic acids is 1. The van der Waals surface area contributed by atoms with E-state index in [4.69, 9.17) is 20.5 Å². The fraction of sp³-hybridized carbons (Fsp3) is 0.0870. The summed E-state index contributed by atoms with van der Waals surface area (Å²) in [6.07, 6.45) is 1.43. The molecule has 6 nitrogen and oxygen atoms in total. The topological polar surface area (TPSA) is 80.6 Å². The van der Waals surface area contributed by atoms with E-state index in [9.17, 15) is 4.79 Å². The van der Waals surface area contributed by atoms with Gasteiger partial charge in [-0.15, -0.1) is 0 Å². The largest absolute Gasteiger partial charge is 0.455 e. The van der Waals surface area contributed by atoms with E-state index in [0.717, 1.165) is 16.7 Å². The fourth-order valence-electron chi connectivity index (χ4n) is 2.97. The minimum atomic E-state index is -0.416. The van der Waals surface area contributed by atoms with E-state index in [0.29, 0.717) is 33.6 Å². The van der Waals surface area contributed by atoms with Crippen LogP contribution < -0.4 is 5.43 Å². The average molecular weight is 420 g/mol. The first-order chi connectivity index (χ1) is 14.5. The van der Waals surface area contributed by atoms with Gasteiger partial charge in [-0.2, -0.15) is 5.10 Å². The van der Waals surface area contributed by atoms with Gasteiger partial charge in [0, 0.05) is 16.1 Å². The van der Waals surface area contributed by atoms with Gasteiger partial charge in [0.25, 0.3) is 5.91 Å². The van der Waals surface area contributed by atoms with E-state index in [2.05, 4.69) is 15.7 Å². The molecule has 2 aromatic carbocycles. The molecule has 0 bridgehead atoms. The van der Waals surface area contributed by atoms with E-state index in [1.165, 1.54) is 6.21 Å². The average Bonchev–Trinajstić information content (AvgIpc) is 3.37. The molecule has 0 saturated heterocycles. The van der Waals surface area contributed by atoms with Gasteiger partial charge in [0.1, 0.15) is 28.5 Å². The Balaban J connectivity index is 1.48. The summed E-state index contributed by atoms with van der Waals surface area (Å²) in [5, 5.41) is 8.68. The van der Waals surface area contributed by atoms with Crippen LogP contribution in [-0.4, -0.2) is 17.3 Å². The molecule has 4 aromatic rings. The number of amides is 1. The lowest BCUT2D eigenvalue weighted by Crippen LogP contribution is -2.18. The third kappa shape index (κ3) is 4.04. The van der Waals surface area contributed by atoms with Crippen LogP contribution in [0, 0.1) is 13.8 Å². The highest BCUT2D eigenvalue weighted by molar-refractivity contribution is 6.31. The number of hydrogen-bond donors (Lipinski definition) is 1. The lowest BCUT2D eigenvalue weighted by molar-refractivity contribution is 0.0954.